The minimum Gasteiger partial charge on any atom is -0.444 e. The summed E-state index contributed by atoms with van der Waals surface area (Å²) in [5.41, 5.74) is -0.449. The Labute approximate surface area is 110 Å². The van der Waals surface area contributed by atoms with Crippen LogP contribution in [0.4, 0.5) is 4.79 Å². The first-order valence-corrected chi connectivity index (χ1v) is 7.02. The van der Waals surface area contributed by atoms with E-state index in [1.54, 1.807) is 4.90 Å². The number of amides is 1. The van der Waals surface area contributed by atoms with Crippen LogP contribution in [0.25, 0.3) is 0 Å². The van der Waals surface area contributed by atoms with Gasteiger partial charge in [-0.25, -0.2) is 4.79 Å². The third-order valence-electron chi connectivity index (χ3n) is 3.35. The largest absolute Gasteiger partial charge is 0.444 e. The smallest absolute Gasteiger partial charge is 0.410 e. The lowest BCUT2D eigenvalue weighted by Gasteiger charge is -2.25. The Morgan fingerprint density at radius 3 is 2.24 bits per heavy atom. The molecular formula is C12H18BrNO3. The van der Waals surface area contributed by atoms with E-state index in [1.807, 2.05) is 20.8 Å². The molecule has 0 radical (unpaired) electrons. The summed E-state index contributed by atoms with van der Waals surface area (Å²) in [4.78, 5) is 25.0. The van der Waals surface area contributed by atoms with E-state index in [0.29, 0.717) is 30.3 Å². The molecule has 0 spiro atoms. The van der Waals surface area contributed by atoms with Crippen LogP contribution in [0, 0.1) is 17.8 Å². The standard InChI is InChI=1S/C12H18BrNO3/c1-12(2,3)17-11(16)14-5-7-8(6-14)10(7)9(15)4-13/h7-8,10H,4-6H2,1-3H3/t7-,8?,10?/m1/s1. The Morgan fingerprint density at radius 1 is 1.29 bits per heavy atom. The van der Waals surface area contributed by atoms with Crippen LogP contribution < -0.4 is 0 Å². The van der Waals surface area contributed by atoms with Gasteiger partial charge in [0.1, 0.15) is 11.4 Å². The van der Waals surface area contributed by atoms with E-state index in [1.165, 1.54) is 0 Å². The summed E-state index contributed by atoms with van der Waals surface area (Å²) >= 11 is 3.19. The predicted octanol–water partition coefficient (Wildman–Crippen LogP) is 2.06. The molecule has 2 fully saturated rings. The topological polar surface area (TPSA) is 46.6 Å². The maximum absolute atomic E-state index is 11.8. The number of ketones is 1. The van der Waals surface area contributed by atoms with Crippen molar-refractivity contribution in [2.45, 2.75) is 26.4 Å². The molecule has 4 nitrogen and oxygen atoms in total. The van der Waals surface area contributed by atoms with E-state index in [2.05, 4.69) is 15.9 Å². The number of hydrogen-bond donors (Lipinski definition) is 0. The summed E-state index contributed by atoms with van der Waals surface area (Å²) in [6, 6.07) is 0. The number of ether oxygens (including phenoxy) is 1. The summed E-state index contributed by atoms with van der Waals surface area (Å²) in [6.07, 6.45) is -0.255. The van der Waals surface area contributed by atoms with Gasteiger partial charge >= 0.3 is 6.09 Å². The average Bonchev–Trinajstić information content (AvgIpc) is 2.69. The van der Waals surface area contributed by atoms with Gasteiger partial charge in [-0.3, -0.25) is 4.79 Å². The summed E-state index contributed by atoms with van der Waals surface area (Å²) in [5, 5.41) is 0.428. The maximum atomic E-state index is 11.8. The zero-order chi connectivity index (χ0) is 12.8. The summed E-state index contributed by atoms with van der Waals surface area (Å²) in [6.45, 7) is 6.92. The van der Waals surface area contributed by atoms with E-state index in [9.17, 15) is 9.59 Å². The van der Waals surface area contributed by atoms with Crippen LogP contribution in [0.3, 0.4) is 0 Å². The van der Waals surface area contributed by atoms with Crippen molar-refractivity contribution in [3.8, 4) is 0 Å². The van der Waals surface area contributed by atoms with Gasteiger partial charge in [0, 0.05) is 19.0 Å². The highest BCUT2D eigenvalue weighted by atomic mass is 79.9. The molecule has 5 heteroatoms. The molecule has 2 unspecified atom stereocenters. The average molecular weight is 304 g/mol. The van der Waals surface area contributed by atoms with E-state index in [-0.39, 0.29) is 17.8 Å². The maximum Gasteiger partial charge on any atom is 0.410 e. The van der Waals surface area contributed by atoms with Crippen molar-refractivity contribution >= 4 is 27.8 Å². The van der Waals surface area contributed by atoms with Crippen LogP contribution >= 0.6 is 15.9 Å². The number of piperidine rings is 1. The van der Waals surface area contributed by atoms with Crippen molar-refractivity contribution in [2.24, 2.45) is 17.8 Å². The number of carbonyl (C=O) groups is 2. The molecule has 0 N–H and O–H groups in total. The molecular weight excluding hydrogens is 286 g/mol. The first-order valence-electron chi connectivity index (χ1n) is 5.90. The van der Waals surface area contributed by atoms with Gasteiger partial charge in [0.2, 0.25) is 0 Å². The van der Waals surface area contributed by atoms with Crippen molar-refractivity contribution in [1.29, 1.82) is 0 Å². The van der Waals surface area contributed by atoms with Crippen LogP contribution in [0.1, 0.15) is 20.8 Å². The van der Waals surface area contributed by atoms with Gasteiger partial charge in [0.05, 0.1) is 5.33 Å². The number of fused-ring (bicyclic) bond motifs is 1. The van der Waals surface area contributed by atoms with E-state index in [4.69, 9.17) is 4.74 Å². The van der Waals surface area contributed by atoms with Crippen LogP contribution in [-0.2, 0) is 9.53 Å². The molecule has 1 amide bonds. The number of alkyl halides is 1. The Morgan fingerprint density at radius 2 is 1.82 bits per heavy atom. The van der Waals surface area contributed by atoms with Gasteiger partial charge in [-0.2, -0.15) is 0 Å². The Bertz CT molecular complexity index is 338. The SMILES string of the molecule is CC(C)(C)OC(=O)N1CC2C(C(=O)CBr)[C@@H]2C1. The molecule has 1 aliphatic heterocycles. The summed E-state index contributed by atoms with van der Waals surface area (Å²) in [5.74, 6) is 1.18. The van der Waals surface area contributed by atoms with Crippen molar-refractivity contribution in [3.63, 3.8) is 0 Å². The third kappa shape index (κ3) is 2.64. The van der Waals surface area contributed by atoms with Crippen LogP contribution in [0.5, 0.6) is 0 Å². The van der Waals surface area contributed by atoms with Crippen LogP contribution in [-0.4, -0.2) is 40.8 Å². The molecule has 0 bridgehead atoms. The fraction of sp³-hybridized carbons (Fsp3) is 0.833. The van der Waals surface area contributed by atoms with Gasteiger partial charge in [-0.05, 0) is 32.6 Å². The highest BCUT2D eigenvalue weighted by Crippen LogP contribution is 2.52. The molecule has 0 aromatic carbocycles. The molecule has 1 heterocycles. The van der Waals surface area contributed by atoms with Crippen molar-refractivity contribution in [3.05, 3.63) is 0 Å². The van der Waals surface area contributed by atoms with Gasteiger partial charge in [-0.15, -0.1) is 0 Å². The molecule has 96 valence electrons. The molecule has 0 aromatic rings. The third-order valence-corrected chi connectivity index (χ3v) is 3.90. The second kappa shape index (κ2) is 4.26. The number of nitrogens with zero attached hydrogens (tertiary/aromatic N) is 1. The lowest BCUT2D eigenvalue weighted by atomic mass is 10.2. The highest BCUT2D eigenvalue weighted by molar-refractivity contribution is 9.09. The second-order valence-electron chi connectivity index (χ2n) is 5.84. The minimum atomic E-state index is -0.449. The Kier molecular flexibility index (Phi) is 3.23. The molecule has 2 aliphatic rings. The normalized spacial score (nSPS) is 31.1. The molecule has 1 aliphatic carbocycles. The van der Waals surface area contributed by atoms with Gasteiger partial charge in [0.25, 0.3) is 0 Å². The minimum absolute atomic E-state index is 0.174. The van der Waals surface area contributed by atoms with Crippen LogP contribution in [0.2, 0.25) is 0 Å². The fourth-order valence-electron chi connectivity index (χ4n) is 2.57. The molecule has 17 heavy (non-hydrogen) atoms. The first-order chi connectivity index (χ1) is 7.83. The van der Waals surface area contributed by atoms with E-state index < -0.39 is 5.60 Å². The van der Waals surface area contributed by atoms with Crippen molar-refractivity contribution < 1.29 is 14.3 Å². The molecule has 1 saturated carbocycles. The molecule has 1 saturated heterocycles. The number of Topliss-reactive ketones (excluding diaryl/α,β-unsaturated/α-hetero) is 1. The Hall–Kier alpha value is -0.580. The Balaban J connectivity index is 1.83. The van der Waals surface area contributed by atoms with E-state index in [0.717, 1.165) is 0 Å². The number of carbonyl (C=O) groups excluding carboxylic acids is 2. The predicted molar refractivity (Wildman–Crippen MR) is 67.1 cm³/mol. The first kappa shape index (κ1) is 12.9. The number of hydrogen-bond acceptors (Lipinski definition) is 3. The fourth-order valence-corrected chi connectivity index (χ4v) is 2.94. The highest BCUT2D eigenvalue weighted by Gasteiger charge is 2.59. The van der Waals surface area contributed by atoms with Gasteiger partial charge in [0.15, 0.2) is 0 Å². The van der Waals surface area contributed by atoms with Crippen molar-refractivity contribution in [2.75, 3.05) is 18.4 Å². The molecule has 0 aromatic heterocycles. The lowest BCUT2D eigenvalue weighted by Crippen LogP contribution is -2.37. The van der Waals surface area contributed by atoms with Crippen LogP contribution in [0.15, 0.2) is 0 Å². The van der Waals surface area contributed by atoms with Gasteiger partial charge in [-0.1, -0.05) is 15.9 Å². The molecule has 2 rings (SSSR count). The second-order valence-corrected chi connectivity index (χ2v) is 6.40. The number of halogens is 1. The van der Waals surface area contributed by atoms with Crippen molar-refractivity contribution in [1.82, 2.24) is 4.90 Å². The summed E-state index contributed by atoms with van der Waals surface area (Å²) < 4.78 is 5.31. The van der Waals surface area contributed by atoms with E-state index >= 15 is 0 Å². The zero-order valence-corrected chi connectivity index (χ0v) is 12.0. The lowest BCUT2D eigenvalue weighted by molar-refractivity contribution is -0.118. The monoisotopic (exact) mass is 303 g/mol. The number of likely N-dealkylation sites (tertiary alicyclic amines) is 1. The van der Waals surface area contributed by atoms with Gasteiger partial charge < -0.3 is 9.64 Å². The summed E-state index contributed by atoms with van der Waals surface area (Å²) in [7, 11) is 0. The quantitative estimate of drug-likeness (QED) is 0.734. The molecule has 3 atom stereocenters. The zero-order valence-electron chi connectivity index (χ0n) is 10.4. The number of rotatable bonds is 2.